The van der Waals surface area contributed by atoms with Gasteiger partial charge in [0.25, 0.3) is 0 Å². The molecule has 1 nitrogen and oxygen atoms in total. The SMILES string of the molecule is CC1(C)c2ccccc2-c2ccc(-c3ccc(-c4c5ccccc5c(-c5ccccc5)c5ncccc45)cc3)cc21. The van der Waals surface area contributed by atoms with Gasteiger partial charge in [-0.25, -0.2) is 0 Å². The van der Waals surface area contributed by atoms with Crippen LogP contribution in [0, 0.1) is 0 Å². The lowest BCUT2D eigenvalue weighted by Gasteiger charge is -2.22. The third-order valence-corrected chi connectivity index (χ3v) is 8.93. The average molecular weight is 524 g/mol. The molecule has 8 rings (SSSR count). The van der Waals surface area contributed by atoms with Crippen molar-refractivity contribution < 1.29 is 0 Å². The quantitative estimate of drug-likeness (QED) is 0.210. The van der Waals surface area contributed by atoms with Crippen LogP contribution >= 0.6 is 0 Å². The van der Waals surface area contributed by atoms with Gasteiger partial charge in [0.1, 0.15) is 0 Å². The number of pyridine rings is 1. The molecule has 0 bridgehead atoms. The molecule has 0 saturated heterocycles. The second kappa shape index (κ2) is 9.01. The monoisotopic (exact) mass is 523 g/mol. The molecule has 0 radical (unpaired) electrons. The molecule has 0 spiro atoms. The maximum atomic E-state index is 4.92. The van der Waals surface area contributed by atoms with Gasteiger partial charge in [-0.15, -0.1) is 0 Å². The number of aromatic nitrogens is 1. The van der Waals surface area contributed by atoms with Gasteiger partial charge in [0, 0.05) is 22.6 Å². The van der Waals surface area contributed by atoms with Gasteiger partial charge in [0.05, 0.1) is 5.52 Å². The molecule has 1 heterocycles. The minimum atomic E-state index is -0.00674. The molecule has 0 N–H and O–H groups in total. The van der Waals surface area contributed by atoms with Gasteiger partial charge in [0.2, 0.25) is 0 Å². The van der Waals surface area contributed by atoms with Crippen LogP contribution in [0.2, 0.25) is 0 Å². The van der Waals surface area contributed by atoms with E-state index >= 15 is 0 Å². The summed E-state index contributed by atoms with van der Waals surface area (Å²) in [6, 6.07) is 48.5. The predicted molar refractivity (Wildman–Crippen MR) is 173 cm³/mol. The zero-order valence-corrected chi connectivity index (χ0v) is 23.2. The minimum absolute atomic E-state index is 0.00674. The van der Waals surface area contributed by atoms with Crippen molar-refractivity contribution in [3.63, 3.8) is 0 Å². The first-order valence-corrected chi connectivity index (χ1v) is 14.3. The third-order valence-electron chi connectivity index (χ3n) is 8.93. The van der Waals surface area contributed by atoms with Gasteiger partial charge in [-0.2, -0.15) is 0 Å². The Morgan fingerprint density at radius 2 is 1.02 bits per heavy atom. The Bertz CT molecular complexity index is 2040. The molecular formula is C40H29N. The topological polar surface area (TPSA) is 12.9 Å². The van der Waals surface area contributed by atoms with Gasteiger partial charge in [-0.1, -0.05) is 135 Å². The number of rotatable bonds is 3. The van der Waals surface area contributed by atoms with E-state index in [9.17, 15) is 0 Å². The van der Waals surface area contributed by atoms with Crippen molar-refractivity contribution in [2.24, 2.45) is 0 Å². The van der Waals surface area contributed by atoms with E-state index < -0.39 is 0 Å². The highest BCUT2D eigenvalue weighted by Gasteiger charge is 2.35. The summed E-state index contributed by atoms with van der Waals surface area (Å²) in [5.41, 5.74) is 13.9. The largest absolute Gasteiger partial charge is 0.256 e. The number of hydrogen-bond donors (Lipinski definition) is 0. The Kier molecular flexibility index (Phi) is 5.24. The van der Waals surface area contributed by atoms with Crippen molar-refractivity contribution >= 4 is 21.7 Å². The van der Waals surface area contributed by atoms with Crippen LogP contribution in [0.1, 0.15) is 25.0 Å². The molecular weight excluding hydrogens is 494 g/mol. The zero-order valence-electron chi connectivity index (χ0n) is 23.2. The number of fused-ring (bicyclic) bond motifs is 5. The van der Waals surface area contributed by atoms with E-state index in [4.69, 9.17) is 4.98 Å². The summed E-state index contributed by atoms with van der Waals surface area (Å²) in [5.74, 6) is 0. The van der Waals surface area contributed by atoms with E-state index in [1.54, 1.807) is 0 Å². The van der Waals surface area contributed by atoms with Crippen molar-refractivity contribution in [3.05, 3.63) is 151 Å². The zero-order chi connectivity index (χ0) is 27.6. The molecule has 1 aliphatic carbocycles. The fourth-order valence-electron chi connectivity index (χ4n) is 6.92. The average Bonchev–Trinajstić information content (AvgIpc) is 3.26. The molecule has 0 aliphatic heterocycles. The Morgan fingerprint density at radius 1 is 0.439 bits per heavy atom. The maximum absolute atomic E-state index is 4.92. The fraction of sp³-hybridized carbons (Fsp3) is 0.0750. The van der Waals surface area contributed by atoms with Crippen LogP contribution in [0.25, 0.3) is 66.2 Å². The second-order valence-electron chi connectivity index (χ2n) is 11.6. The lowest BCUT2D eigenvalue weighted by atomic mass is 9.81. The van der Waals surface area contributed by atoms with E-state index in [1.165, 1.54) is 71.8 Å². The highest BCUT2D eigenvalue weighted by atomic mass is 14.7. The lowest BCUT2D eigenvalue weighted by Crippen LogP contribution is -2.14. The highest BCUT2D eigenvalue weighted by molar-refractivity contribution is 6.20. The first kappa shape index (κ1) is 23.8. The van der Waals surface area contributed by atoms with E-state index in [2.05, 4.69) is 141 Å². The maximum Gasteiger partial charge on any atom is 0.0792 e. The predicted octanol–water partition coefficient (Wildman–Crippen LogP) is 10.7. The second-order valence-corrected chi connectivity index (χ2v) is 11.6. The smallest absolute Gasteiger partial charge is 0.0792 e. The first-order chi connectivity index (χ1) is 20.1. The molecule has 0 saturated carbocycles. The van der Waals surface area contributed by atoms with Crippen LogP contribution in [-0.2, 0) is 5.41 Å². The Balaban J connectivity index is 1.28. The van der Waals surface area contributed by atoms with Gasteiger partial charge in [-0.3, -0.25) is 4.98 Å². The standard InChI is InChI=1S/C40H29N/c1-40(2)35-17-9-8-13-30(35)31-23-22-29(25-36(31)40)26-18-20-28(21-19-26)37-32-14-6-7-15-33(32)38(27-11-4-3-5-12-27)39-34(37)16-10-24-41-39/h3-25H,1-2H3. The van der Waals surface area contributed by atoms with E-state index in [1.807, 2.05) is 12.3 Å². The Hall–Kier alpha value is -5.01. The molecule has 194 valence electrons. The van der Waals surface area contributed by atoms with E-state index in [-0.39, 0.29) is 5.41 Å². The molecule has 6 aromatic carbocycles. The van der Waals surface area contributed by atoms with Crippen molar-refractivity contribution in [2.45, 2.75) is 19.3 Å². The molecule has 7 aromatic rings. The van der Waals surface area contributed by atoms with Gasteiger partial charge >= 0.3 is 0 Å². The molecule has 0 fully saturated rings. The van der Waals surface area contributed by atoms with Crippen molar-refractivity contribution in [3.8, 4) is 44.5 Å². The van der Waals surface area contributed by atoms with E-state index in [0.717, 1.165) is 5.52 Å². The molecule has 1 aromatic heterocycles. The Labute approximate surface area is 240 Å². The molecule has 0 unspecified atom stereocenters. The number of nitrogens with zero attached hydrogens (tertiary/aromatic N) is 1. The van der Waals surface area contributed by atoms with Crippen LogP contribution in [-0.4, -0.2) is 4.98 Å². The summed E-state index contributed by atoms with van der Waals surface area (Å²) >= 11 is 0. The molecule has 1 heteroatoms. The first-order valence-electron chi connectivity index (χ1n) is 14.3. The molecule has 1 aliphatic rings. The van der Waals surface area contributed by atoms with Gasteiger partial charge < -0.3 is 0 Å². The summed E-state index contributed by atoms with van der Waals surface area (Å²) in [4.78, 5) is 4.92. The van der Waals surface area contributed by atoms with Crippen LogP contribution in [0.4, 0.5) is 0 Å². The summed E-state index contributed by atoms with van der Waals surface area (Å²) in [5, 5.41) is 3.65. The van der Waals surface area contributed by atoms with Crippen LogP contribution in [0.3, 0.4) is 0 Å². The van der Waals surface area contributed by atoms with Crippen molar-refractivity contribution in [2.75, 3.05) is 0 Å². The lowest BCUT2D eigenvalue weighted by molar-refractivity contribution is 0.660. The van der Waals surface area contributed by atoms with Gasteiger partial charge in [0.15, 0.2) is 0 Å². The van der Waals surface area contributed by atoms with E-state index in [0.29, 0.717) is 0 Å². The van der Waals surface area contributed by atoms with Crippen LogP contribution in [0.15, 0.2) is 140 Å². The summed E-state index contributed by atoms with van der Waals surface area (Å²) in [6.07, 6.45) is 1.91. The summed E-state index contributed by atoms with van der Waals surface area (Å²) in [7, 11) is 0. The summed E-state index contributed by atoms with van der Waals surface area (Å²) < 4.78 is 0. The molecule has 0 atom stereocenters. The highest BCUT2D eigenvalue weighted by Crippen LogP contribution is 2.49. The van der Waals surface area contributed by atoms with Crippen LogP contribution in [0.5, 0.6) is 0 Å². The molecule has 41 heavy (non-hydrogen) atoms. The fourth-order valence-corrected chi connectivity index (χ4v) is 6.92. The number of benzene rings is 6. The number of hydrogen-bond acceptors (Lipinski definition) is 1. The molecule has 0 amide bonds. The Morgan fingerprint density at radius 3 is 1.83 bits per heavy atom. The van der Waals surface area contributed by atoms with Crippen molar-refractivity contribution in [1.82, 2.24) is 4.98 Å². The normalized spacial score (nSPS) is 13.3. The van der Waals surface area contributed by atoms with Crippen molar-refractivity contribution in [1.29, 1.82) is 0 Å². The van der Waals surface area contributed by atoms with Crippen LogP contribution < -0.4 is 0 Å². The summed E-state index contributed by atoms with van der Waals surface area (Å²) in [6.45, 7) is 4.68. The van der Waals surface area contributed by atoms with Gasteiger partial charge in [-0.05, 0) is 73.0 Å². The third kappa shape index (κ3) is 3.59. The minimum Gasteiger partial charge on any atom is -0.256 e.